The molecule has 0 aliphatic carbocycles. The highest BCUT2D eigenvalue weighted by Crippen LogP contribution is 2.25. The highest BCUT2D eigenvalue weighted by atomic mass is 127. The zero-order chi connectivity index (χ0) is 21.2. The molecule has 2 saturated heterocycles. The van der Waals surface area contributed by atoms with Crippen LogP contribution in [0.5, 0.6) is 0 Å². The molecule has 1 atom stereocenters. The van der Waals surface area contributed by atoms with Crippen LogP contribution in [0.3, 0.4) is 0 Å². The number of piperidine rings is 2. The minimum atomic E-state index is -0.209. The van der Waals surface area contributed by atoms with Crippen LogP contribution in [0, 0.1) is 0 Å². The minimum absolute atomic E-state index is 0. The van der Waals surface area contributed by atoms with Gasteiger partial charge in [-0.2, -0.15) is 0 Å². The van der Waals surface area contributed by atoms with Gasteiger partial charge in [-0.05, 0) is 64.8 Å². The number of aliphatic imine (C=N–C) groups is 1. The number of carbonyl (C=O) groups excluding carboxylic acids is 1. The number of ether oxygens (including phenoxy) is 1. The summed E-state index contributed by atoms with van der Waals surface area (Å²) >= 11 is 0. The Morgan fingerprint density at radius 1 is 1.23 bits per heavy atom. The molecule has 1 unspecified atom stereocenters. The Hall–Kier alpha value is -1.49. The predicted octanol–water partition coefficient (Wildman–Crippen LogP) is 3.60. The lowest BCUT2D eigenvalue weighted by Gasteiger charge is -2.33. The molecule has 2 N–H and O–H groups in total. The lowest BCUT2D eigenvalue weighted by atomic mass is 10.1. The van der Waals surface area contributed by atoms with E-state index in [1.807, 2.05) is 13.0 Å². The van der Waals surface area contributed by atoms with Gasteiger partial charge in [-0.1, -0.05) is 6.42 Å². The van der Waals surface area contributed by atoms with E-state index in [0.29, 0.717) is 32.3 Å². The van der Waals surface area contributed by atoms with E-state index in [9.17, 15) is 4.79 Å². The summed E-state index contributed by atoms with van der Waals surface area (Å²) in [4.78, 5) is 21.1. The summed E-state index contributed by atoms with van der Waals surface area (Å²) in [6, 6.07) is 4.48. The van der Waals surface area contributed by atoms with Crippen LogP contribution in [0.15, 0.2) is 27.8 Å². The molecule has 1 aromatic rings. The molecule has 2 aliphatic rings. The van der Waals surface area contributed by atoms with E-state index in [2.05, 4.69) is 28.5 Å². The maximum absolute atomic E-state index is 11.9. The number of nitrogens with one attached hydrogen (secondary N) is 2. The van der Waals surface area contributed by atoms with E-state index in [-0.39, 0.29) is 36.1 Å². The normalized spacial score (nSPS) is 19.4. The van der Waals surface area contributed by atoms with Crippen molar-refractivity contribution < 1.29 is 13.9 Å². The first-order chi connectivity index (χ1) is 14.7. The van der Waals surface area contributed by atoms with Crippen LogP contribution in [-0.4, -0.2) is 73.8 Å². The van der Waals surface area contributed by atoms with Crippen molar-refractivity contribution in [3.8, 4) is 0 Å². The van der Waals surface area contributed by atoms with Crippen LogP contribution in [0.1, 0.15) is 57.8 Å². The number of amides is 1. The monoisotopic (exact) mass is 547 g/mol. The average Bonchev–Trinajstić information content (AvgIpc) is 3.30. The third-order valence-corrected chi connectivity index (χ3v) is 5.83. The molecule has 0 aromatic carbocycles. The summed E-state index contributed by atoms with van der Waals surface area (Å²) in [6.07, 6.45) is 7.08. The molecule has 9 heteroatoms. The van der Waals surface area contributed by atoms with Gasteiger partial charge >= 0.3 is 6.09 Å². The Kier molecular flexibility index (Phi) is 11.5. The number of hydrogen-bond acceptors (Lipinski definition) is 5. The van der Waals surface area contributed by atoms with E-state index in [1.54, 1.807) is 11.2 Å². The second kappa shape index (κ2) is 13.8. The number of rotatable bonds is 7. The van der Waals surface area contributed by atoms with Crippen molar-refractivity contribution in [3.63, 3.8) is 0 Å². The van der Waals surface area contributed by atoms with Gasteiger partial charge in [0, 0.05) is 25.7 Å². The molecular formula is C22H38IN5O3. The molecule has 2 aliphatic heterocycles. The molecule has 31 heavy (non-hydrogen) atoms. The number of likely N-dealkylation sites (tertiary alicyclic amines) is 2. The summed E-state index contributed by atoms with van der Waals surface area (Å²) in [7, 11) is 0. The Labute approximate surface area is 203 Å². The molecule has 3 rings (SSSR count). The second-order valence-electron chi connectivity index (χ2n) is 7.95. The van der Waals surface area contributed by atoms with Gasteiger partial charge in [0.1, 0.15) is 5.76 Å². The number of hydrogen-bond donors (Lipinski definition) is 2. The summed E-state index contributed by atoms with van der Waals surface area (Å²) in [5, 5.41) is 6.94. The van der Waals surface area contributed by atoms with Gasteiger partial charge in [0.05, 0.1) is 25.5 Å². The van der Waals surface area contributed by atoms with Gasteiger partial charge in [0.25, 0.3) is 0 Å². The highest BCUT2D eigenvalue weighted by molar-refractivity contribution is 14.0. The van der Waals surface area contributed by atoms with Gasteiger partial charge in [0.2, 0.25) is 0 Å². The maximum atomic E-state index is 11.9. The third kappa shape index (κ3) is 7.85. The average molecular weight is 547 g/mol. The van der Waals surface area contributed by atoms with E-state index in [4.69, 9.17) is 14.1 Å². The van der Waals surface area contributed by atoms with Crippen molar-refractivity contribution in [2.75, 3.05) is 45.9 Å². The zero-order valence-electron chi connectivity index (χ0n) is 18.8. The Balaban J connectivity index is 0.00000341. The second-order valence-corrected chi connectivity index (χ2v) is 7.95. The van der Waals surface area contributed by atoms with Crippen molar-refractivity contribution in [2.24, 2.45) is 4.99 Å². The van der Waals surface area contributed by atoms with Crippen molar-refractivity contribution in [3.05, 3.63) is 24.2 Å². The fourth-order valence-corrected chi connectivity index (χ4v) is 4.21. The smallest absolute Gasteiger partial charge is 0.409 e. The summed E-state index contributed by atoms with van der Waals surface area (Å²) in [6.45, 7) is 9.40. The van der Waals surface area contributed by atoms with Crippen molar-refractivity contribution in [2.45, 2.75) is 58.0 Å². The number of halogens is 1. The van der Waals surface area contributed by atoms with Crippen LogP contribution >= 0.6 is 24.0 Å². The quantitative estimate of drug-likeness (QED) is 0.309. The number of guanidine groups is 1. The molecule has 2 fully saturated rings. The molecule has 176 valence electrons. The molecule has 0 saturated carbocycles. The zero-order valence-corrected chi connectivity index (χ0v) is 21.2. The summed E-state index contributed by atoms with van der Waals surface area (Å²) in [5.41, 5.74) is 0. The molecule has 0 bridgehead atoms. The maximum Gasteiger partial charge on any atom is 0.409 e. The highest BCUT2D eigenvalue weighted by Gasteiger charge is 2.26. The molecule has 1 amide bonds. The van der Waals surface area contributed by atoms with Gasteiger partial charge in [-0.15, -0.1) is 24.0 Å². The molecular weight excluding hydrogens is 509 g/mol. The van der Waals surface area contributed by atoms with Crippen molar-refractivity contribution >= 4 is 36.0 Å². The van der Waals surface area contributed by atoms with Gasteiger partial charge < -0.3 is 24.7 Å². The Morgan fingerprint density at radius 3 is 2.58 bits per heavy atom. The number of carbonyl (C=O) groups is 1. The van der Waals surface area contributed by atoms with E-state index < -0.39 is 0 Å². The van der Waals surface area contributed by atoms with E-state index >= 15 is 0 Å². The first-order valence-corrected chi connectivity index (χ1v) is 11.4. The molecule has 0 radical (unpaired) electrons. The summed E-state index contributed by atoms with van der Waals surface area (Å²) in [5.74, 6) is 1.82. The number of furan rings is 1. The summed E-state index contributed by atoms with van der Waals surface area (Å²) < 4.78 is 10.9. The fraction of sp³-hybridized carbons (Fsp3) is 0.727. The minimum Gasteiger partial charge on any atom is -0.468 e. The van der Waals surface area contributed by atoms with Crippen LogP contribution in [-0.2, 0) is 4.74 Å². The van der Waals surface area contributed by atoms with Crippen molar-refractivity contribution in [1.82, 2.24) is 20.4 Å². The lowest BCUT2D eigenvalue weighted by Crippen LogP contribution is -2.50. The first kappa shape index (κ1) is 25.8. The van der Waals surface area contributed by atoms with Gasteiger partial charge in [-0.25, -0.2) is 4.79 Å². The molecule has 0 spiro atoms. The molecule has 8 nitrogen and oxygen atoms in total. The standard InChI is InChI=1S/C22H37N5O3.HI/c1-3-23-21(25-18-10-14-27(15-11-18)22(28)29-4-2)24-17-19(20-9-8-16-30-20)26-12-6-5-7-13-26;/h8-9,16,18-19H,3-7,10-15,17H2,1-2H3,(H2,23,24,25);1H. The predicted molar refractivity (Wildman–Crippen MR) is 133 cm³/mol. The SMILES string of the molecule is CCNC(=NCC(c1ccco1)N1CCCCC1)NC1CCN(C(=O)OCC)CC1.I. The van der Waals surface area contributed by atoms with Gasteiger partial charge in [-0.3, -0.25) is 9.89 Å². The van der Waals surface area contributed by atoms with Gasteiger partial charge in [0.15, 0.2) is 5.96 Å². The van der Waals surface area contributed by atoms with Crippen LogP contribution < -0.4 is 10.6 Å². The largest absolute Gasteiger partial charge is 0.468 e. The number of nitrogens with zero attached hydrogens (tertiary/aromatic N) is 3. The van der Waals surface area contributed by atoms with E-state index in [0.717, 1.165) is 44.2 Å². The van der Waals surface area contributed by atoms with Crippen molar-refractivity contribution in [1.29, 1.82) is 0 Å². The third-order valence-electron chi connectivity index (χ3n) is 5.83. The van der Waals surface area contributed by atoms with Crippen LogP contribution in [0.25, 0.3) is 0 Å². The first-order valence-electron chi connectivity index (χ1n) is 11.4. The van der Waals surface area contributed by atoms with Crippen LogP contribution in [0.2, 0.25) is 0 Å². The fourth-order valence-electron chi connectivity index (χ4n) is 4.21. The molecule has 1 aromatic heterocycles. The topological polar surface area (TPSA) is 82.3 Å². The lowest BCUT2D eigenvalue weighted by molar-refractivity contribution is 0.0963. The molecule has 3 heterocycles. The Morgan fingerprint density at radius 2 is 1.97 bits per heavy atom. The van der Waals surface area contributed by atoms with Crippen LogP contribution in [0.4, 0.5) is 4.79 Å². The Bertz CT molecular complexity index is 656. The van der Waals surface area contributed by atoms with E-state index in [1.165, 1.54) is 19.3 Å².